The first-order valence-corrected chi connectivity index (χ1v) is 7.00. The molecule has 0 aromatic rings. The van der Waals surface area contributed by atoms with E-state index >= 15 is 0 Å². The van der Waals surface area contributed by atoms with Gasteiger partial charge >= 0.3 is 58.4 Å². The van der Waals surface area contributed by atoms with Gasteiger partial charge in [0.1, 0.15) is 0 Å². The minimum absolute atomic E-state index is 0. The zero-order chi connectivity index (χ0) is 13.3. The predicted octanol–water partition coefficient (Wildman–Crippen LogP) is -2.49. The van der Waals surface area contributed by atoms with Gasteiger partial charge in [-0.1, -0.05) is 0 Å². The fraction of sp³-hybridized carbons (Fsp3) is 0.750. The normalized spacial score (nSPS) is 19.3. The van der Waals surface area contributed by atoms with Crippen molar-refractivity contribution in [3.8, 4) is 0 Å². The van der Waals surface area contributed by atoms with Gasteiger partial charge in [-0.2, -0.15) is 4.31 Å². The van der Waals surface area contributed by atoms with Gasteiger partial charge in [0.15, 0.2) is 0 Å². The minimum atomic E-state index is -5.00. The van der Waals surface area contributed by atoms with Crippen molar-refractivity contribution in [3.05, 3.63) is 12.1 Å². The van der Waals surface area contributed by atoms with E-state index < -0.39 is 22.5 Å². The van der Waals surface area contributed by atoms with Crippen LogP contribution in [-0.4, -0.2) is 63.6 Å². The molecule has 100 valence electrons. The number of hydrogen-bond acceptors (Lipinski definition) is 3. The topological polar surface area (TPSA) is 40.6 Å². The van der Waals surface area contributed by atoms with Crippen molar-refractivity contribution in [1.82, 2.24) is 9.21 Å². The van der Waals surface area contributed by atoms with Gasteiger partial charge in [-0.25, -0.2) is 8.42 Å². The quantitative estimate of drug-likeness (QED) is 0.540. The Kier molecular flexibility index (Phi) is 7.65. The molecule has 1 aliphatic heterocycles. The van der Waals surface area contributed by atoms with Gasteiger partial charge in [-0.15, -0.1) is 12.1 Å². The van der Waals surface area contributed by atoms with Crippen LogP contribution in [0.4, 0.5) is 12.9 Å². The number of hydrogen-bond donors (Lipinski definition) is 0. The van der Waals surface area contributed by atoms with E-state index in [4.69, 9.17) is 0 Å². The van der Waals surface area contributed by atoms with Crippen LogP contribution in [0.15, 0.2) is 12.1 Å². The van der Waals surface area contributed by atoms with E-state index in [1.54, 1.807) is 4.90 Å². The summed E-state index contributed by atoms with van der Waals surface area (Å²) in [4.78, 5) is 1.57. The molecule has 0 atom stereocenters. The molecule has 1 saturated heterocycles. The van der Waals surface area contributed by atoms with Gasteiger partial charge in [0, 0.05) is 26.2 Å². The van der Waals surface area contributed by atoms with Crippen molar-refractivity contribution in [2.45, 2.75) is 0 Å². The number of sulfonamides is 1. The second-order valence-electron chi connectivity index (χ2n) is 4.17. The molecule has 0 spiro atoms. The Morgan fingerprint density at radius 2 is 1.67 bits per heavy atom. The van der Waals surface area contributed by atoms with E-state index in [9.17, 15) is 21.4 Å². The molecular weight excluding hydrogens is 295 g/mol. The monoisotopic (exact) mass is 310 g/mol. The minimum Gasteiger partial charge on any atom is -0.445 e. The van der Waals surface area contributed by atoms with Crippen molar-refractivity contribution in [2.24, 2.45) is 0 Å². The number of halogens is 3. The molecule has 18 heavy (non-hydrogen) atoms. The summed E-state index contributed by atoms with van der Waals surface area (Å²) in [6.07, 6.45) is 1.10. The summed E-state index contributed by atoms with van der Waals surface area (Å²) in [5.41, 5.74) is -0.738. The number of rotatable bonds is 4. The fourth-order valence-corrected chi connectivity index (χ4v) is 2.44. The third-order valence-electron chi connectivity index (χ3n) is 2.69. The first-order chi connectivity index (χ1) is 7.60. The van der Waals surface area contributed by atoms with Crippen LogP contribution in [0.3, 0.4) is 0 Å². The molecule has 4 nitrogen and oxygen atoms in total. The molecule has 0 aromatic carbocycles. The van der Waals surface area contributed by atoms with Crippen LogP contribution in [0.2, 0.25) is 0 Å². The molecule has 0 unspecified atom stereocenters. The fourth-order valence-electron chi connectivity index (χ4n) is 1.61. The molecular formula is C8H15BF3KN2O2S. The second kappa shape index (κ2) is 7.21. The van der Waals surface area contributed by atoms with Gasteiger partial charge in [-0.05, 0) is 6.54 Å². The summed E-state index contributed by atoms with van der Waals surface area (Å²) in [6.45, 7) is -1.15. The Bertz CT molecular complexity index is 394. The summed E-state index contributed by atoms with van der Waals surface area (Å²) < 4.78 is 60.5. The van der Waals surface area contributed by atoms with Crippen molar-refractivity contribution in [2.75, 3.05) is 39.0 Å². The standard InChI is InChI=1S/C8H15BF3N2O2S.K/c1-8(9(10,11)12)7-13-3-5-14(6-4-13)17(2,15)16;/h1,3-7H2,2H3;/q-1;+1. The van der Waals surface area contributed by atoms with Gasteiger partial charge in [0.2, 0.25) is 10.0 Å². The Morgan fingerprint density at radius 1 is 1.22 bits per heavy atom. The maximum atomic E-state index is 12.3. The molecule has 0 N–H and O–H groups in total. The smallest absolute Gasteiger partial charge is 0.445 e. The molecule has 0 aliphatic carbocycles. The molecule has 1 aliphatic rings. The Balaban J connectivity index is 0.00000289. The third kappa shape index (κ3) is 6.04. The predicted molar refractivity (Wildman–Crippen MR) is 61.1 cm³/mol. The summed E-state index contributed by atoms with van der Waals surface area (Å²) in [7, 11) is -3.24. The van der Waals surface area contributed by atoms with E-state index in [0.717, 1.165) is 6.26 Å². The molecule has 0 bridgehead atoms. The molecule has 0 aromatic heterocycles. The van der Waals surface area contributed by atoms with Crippen molar-refractivity contribution >= 4 is 17.0 Å². The van der Waals surface area contributed by atoms with E-state index in [1.807, 2.05) is 0 Å². The Morgan fingerprint density at radius 3 is 2.00 bits per heavy atom. The van der Waals surface area contributed by atoms with Gasteiger partial charge in [0.25, 0.3) is 0 Å². The van der Waals surface area contributed by atoms with Crippen LogP contribution in [0.5, 0.6) is 0 Å². The first-order valence-electron chi connectivity index (χ1n) is 5.16. The molecule has 0 radical (unpaired) electrons. The maximum absolute atomic E-state index is 12.3. The van der Waals surface area contributed by atoms with Crippen molar-refractivity contribution < 1.29 is 72.7 Å². The summed E-state index contributed by atoms with van der Waals surface area (Å²) >= 11 is 0. The molecule has 10 heteroatoms. The van der Waals surface area contributed by atoms with Crippen LogP contribution < -0.4 is 51.4 Å². The average molecular weight is 310 g/mol. The summed E-state index contributed by atoms with van der Waals surface area (Å²) in [5, 5.41) is 0. The van der Waals surface area contributed by atoms with E-state index in [-0.39, 0.29) is 71.0 Å². The van der Waals surface area contributed by atoms with Gasteiger partial charge in [0.05, 0.1) is 6.26 Å². The van der Waals surface area contributed by atoms with Crippen LogP contribution in [-0.2, 0) is 10.0 Å². The average Bonchev–Trinajstić information content (AvgIpc) is 2.15. The maximum Gasteiger partial charge on any atom is 1.00 e. The zero-order valence-corrected chi connectivity index (χ0v) is 14.5. The molecule has 1 rings (SSSR count). The summed E-state index contributed by atoms with van der Waals surface area (Å²) in [6, 6.07) is 0. The largest absolute Gasteiger partial charge is 1.00 e. The second-order valence-corrected chi connectivity index (χ2v) is 6.15. The summed E-state index contributed by atoms with van der Waals surface area (Å²) in [5.74, 6) is 0. The molecule has 1 heterocycles. The van der Waals surface area contributed by atoms with Crippen LogP contribution in [0.1, 0.15) is 0 Å². The van der Waals surface area contributed by atoms with Crippen molar-refractivity contribution in [1.29, 1.82) is 0 Å². The van der Waals surface area contributed by atoms with E-state index in [2.05, 4.69) is 6.58 Å². The Labute approximate surface area is 148 Å². The molecule has 0 amide bonds. The van der Waals surface area contributed by atoms with Gasteiger partial charge < -0.3 is 12.9 Å². The van der Waals surface area contributed by atoms with Crippen LogP contribution in [0.25, 0.3) is 0 Å². The van der Waals surface area contributed by atoms with Crippen LogP contribution >= 0.6 is 0 Å². The molecule has 0 saturated carbocycles. The zero-order valence-electron chi connectivity index (χ0n) is 10.6. The van der Waals surface area contributed by atoms with Gasteiger partial charge in [-0.3, -0.25) is 4.90 Å². The Hall–Kier alpha value is 1.10. The van der Waals surface area contributed by atoms with Crippen molar-refractivity contribution in [3.63, 3.8) is 0 Å². The molecule has 1 fully saturated rings. The third-order valence-corrected chi connectivity index (χ3v) is 3.99. The van der Waals surface area contributed by atoms with Crippen LogP contribution in [0, 0.1) is 0 Å². The number of piperazine rings is 1. The van der Waals surface area contributed by atoms with E-state index in [1.165, 1.54) is 4.31 Å². The first kappa shape index (κ1) is 19.1. The SMILES string of the molecule is C=C(CN1CCN(S(C)(=O)=O)CC1)[B-](F)(F)F.[K+]. The number of nitrogens with zero attached hydrogens (tertiary/aromatic N) is 2. The van der Waals surface area contributed by atoms with E-state index in [0.29, 0.717) is 13.1 Å².